The van der Waals surface area contributed by atoms with E-state index in [0.717, 1.165) is 17.9 Å². The normalized spacial score (nSPS) is 19.2. The first kappa shape index (κ1) is 13.6. The average Bonchev–Trinajstić information content (AvgIpc) is 2.18. The minimum absolute atomic E-state index is 0. The van der Waals surface area contributed by atoms with Gasteiger partial charge in [-0.15, -0.1) is 12.4 Å². The predicted molar refractivity (Wildman–Crippen MR) is 70.3 cm³/mol. The maximum atomic E-state index is 11.8. The molecule has 2 nitrogen and oxygen atoms in total. The van der Waals surface area contributed by atoms with E-state index in [2.05, 4.69) is 11.0 Å². The minimum Gasteiger partial charge on any atom is -0.309 e. The summed E-state index contributed by atoms with van der Waals surface area (Å²) in [4.78, 5) is 15.0. The van der Waals surface area contributed by atoms with Gasteiger partial charge in [0.2, 0.25) is 0 Å². The van der Waals surface area contributed by atoms with E-state index in [0.29, 0.717) is 5.12 Å². The molecule has 0 amide bonds. The van der Waals surface area contributed by atoms with Crippen LogP contribution in [-0.4, -0.2) is 30.7 Å². The molecule has 0 radical (unpaired) electrons. The molecule has 16 heavy (non-hydrogen) atoms. The third-order valence-electron chi connectivity index (χ3n) is 2.57. The minimum atomic E-state index is 0. The lowest BCUT2D eigenvalue weighted by Crippen LogP contribution is -2.30. The van der Waals surface area contributed by atoms with Gasteiger partial charge in [-0.2, -0.15) is 0 Å². The highest BCUT2D eigenvalue weighted by Gasteiger charge is 2.27. The Morgan fingerprint density at radius 2 is 2.06 bits per heavy atom. The molecule has 1 atom stereocenters. The summed E-state index contributed by atoms with van der Waals surface area (Å²) in [5, 5.41) is 0.308. The molecular formula is C12H16ClNOS. The molecule has 0 spiro atoms. The molecule has 88 valence electrons. The summed E-state index contributed by atoms with van der Waals surface area (Å²) < 4.78 is 0. The first-order chi connectivity index (χ1) is 7.16. The smallest absolute Gasteiger partial charge is 0.198 e. The zero-order chi connectivity index (χ0) is 10.8. The maximum absolute atomic E-state index is 11.8. The van der Waals surface area contributed by atoms with E-state index >= 15 is 0 Å². The highest BCUT2D eigenvalue weighted by Crippen LogP contribution is 2.33. The number of fused-ring (bicyclic) bond motifs is 1. The van der Waals surface area contributed by atoms with Crippen molar-refractivity contribution in [3.8, 4) is 0 Å². The molecule has 1 aromatic rings. The Morgan fingerprint density at radius 1 is 1.38 bits per heavy atom. The van der Waals surface area contributed by atoms with Crippen molar-refractivity contribution in [1.29, 1.82) is 0 Å². The van der Waals surface area contributed by atoms with Gasteiger partial charge in [-0.25, -0.2) is 0 Å². The van der Waals surface area contributed by atoms with Gasteiger partial charge >= 0.3 is 0 Å². The molecular weight excluding hydrogens is 242 g/mol. The lowest BCUT2D eigenvalue weighted by Gasteiger charge is -2.24. The SMILES string of the molecule is CN(C)CC1Cc2ccccc2SC1=O.Cl. The Hall–Kier alpha value is -0.510. The topological polar surface area (TPSA) is 20.3 Å². The quantitative estimate of drug-likeness (QED) is 0.812. The summed E-state index contributed by atoms with van der Waals surface area (Å²) in [5.74, 6) is 0.153. The third-order valence-corrected chi connectivity index (χ3v) is 3.72. The summed E-state index contributed by atoms with van der Waals surface area (Å²) >= 11 is 1.40. The Labute approximate surface area is 107 Å². The second-order valence-electron chi connectivity index (χ2n) is 4.19. The number of nitrogens with zero attached hydrogens (tertiary/aromatic N) is 1. The maximum Gasteiger partial charge on any atom is 0.198 e. The molecule has 0 bridgehead atoms. The monoisotopic (exact) mass is 257 g/mol. The lowest BCUT2D eigenvalue weighted by molar-refractivity contribution is -0.115. The number of rotatable bonds is 2. The number of carbonyl (C=O) groups excluding carboxylic acids is 1. The summed E-state index contributed by atoms with van der Waals surface area (Å²) in [5.41, 5.74) is 1.31. The number of thioether (sulfide) groups is 1. The van der Waals surface area contributed by atoms with Crippen LogP contribution in [-0.2, 0) is 11.2 Å². The molecule has 0 N–H and O–H groups in total. The second kappa shape index (κ2) is 5.71. The molecule has 0 aliphatic carbocycles. The van der Waals surface area contributed by atoms with Crippen LogP contribution in [0.2, 0.25) is 0 Å². The first-order valence-electron chi connectivity index (χ1n) is 5.11. The van der Waals surface area contributed by atoms with Crippen molar-refractivity contribution >= 4 is 29.3 Å². The van der Waals surface area contributed by atoms with Crippen molar-refractivity contribution in [2.45, 2.75) is 11.3 Å². The van der Waals surface area contributed by atoms with Gasteiger partial charge < -0.3 is 4.90 Å². The molecule has 0 saturated heterocycles. The van der Waals surface area contributed by atoms with Crippen molar-refractivity contribution in [2.75, 3.05) is 20.6 Å². The Bertz CT molecular complexity index is 381. The first-order valence-corrected chi connectivity index (χ1v) is 5.93. The van der Waals surface area contributed by atoms with Gasteiger partial charge in [-0.3, -0.25) is 4.79 Å². The molecule has 1 aliphatic rings. The standard InChI is InChI=1S/C12H15NOS.ClH/c1-13(2)8-10-7-9-5-3-4-6-11(9)15-12(10)14;/h3-6,10H,7-8H2,1-2H3;1H. The van der Waals surface area contributed by atoms with E-state index in [4.69, 9.17) is 0 Å². The molecule has 1 aromatic carbocycles. The predicted octanol–water partition coefficient (Wildman–Crippen LogP) is 2.46. The number of hydrogen-bond acceptors (Lipinski definition) is 3. The van der Waals surface area contributed by atoms with E-state index in [1.165, 1.54) is 17.3 Å². The number of benzene rings is 1. The summed E-state index contributed by atoms with van der Waals surface area (Å²) in [6.07, 6.45) is 0.889. The van der Waals surface area contributed by atoms with Crippen molar-refractivity contribution < 1.29 is 4.79 Å². The molecule has 0 fully saturated rings. The van der Waals surface area contributed by atoms with Crippen LogP contribution in [0.5, 0.6) is 0 Å². The zero-order valence-electron chi connectivity index (χ0n) is 9.47. The van der Waals surface area contributed by atoms with Gasteiger partial charge in [0.05, 0.1) is 0 Å². The number of halogens is 1. The largest absolute Gasteiger partial charge is 0.309 e. The zero-order valence-corrected chi connectivity index (χ0v) is 11.1. The molecule has 1 aliphatic heterocycles. The van der Waals surface area contributed by atoms with Crippen molar-refractivity contribution in [3.63, 3.8) is 0 Å². The van der Waals surface area contributed by atoms with Crippen LogP contribution >= 0.6 is 24.2 Å². The Balaban J connectivity index is 0.00000128. The highest BCUT2D eigenvalue weighted by atomic mass is 35.5. The van der Waals surface area contributed by atoms with Gasteiger partial charge in [0.15, 0.2) is 5.12 Å². The van der Waals surface area contributed by atoms with Crippen molar-refractivity contribution in [2.24, 2.45) is 5.92 Å². The Morgan fingerprint density at radius 3 is 2.75 bits per heavy atom. The fraction of sp³-hybridized carbons (Fsp3) is 0.417. The Kier molecular flexibility index (Phi) is 4.84. The van der Waals surface area contributed by atoms with Gasteiger partial charge in [-0.1, -0.05) is 30.0 Å². The molecule has 1 unspecified atom stereocenters. The van der Waals surface area contributed by atoms with E-state index < -0.39 is 0 Å². The fourth-order valence-electron chi connectivity index (χ4n) is 1.89. The molecule has 0 saturated carbocycles. The molecule has 2 rings (SSSR count). The summed E-state index contributed by atoms with van der Waals surface area (Å²) in [7, 11) is 4.02. The van der Waals surface area contributed by atoms with Crippen molar-refractivity contribution in [1.82, 2.24) is 4.90 Å². The van der Waals surface area contributed by atoms with Crippen LogP contribution in [0.4, 0.5) is 0 Å². The van der Waals surface area contributed by atoms with Gasteiger partial charge in [-0.05, 0) is 32.1 Å². The van der Waals surface area contributed by atoms with Crippen LogP contribution in [0.15, 0.2) is 29.2 Å². The van der Waals surface area contributed by atoms with Crippen LogP contribution in [0.3, 0.4) is 0 Å². The molecule has 1 heterocycles. The third kappa shape index (κ3) is 3.00. The van der Waals surface area contributed by atoms with Crippen LogP contribution in [0.1, 0.15) is 5.56 Å². The van der Waals surface area contributed by atoms with Gasteiger partial charge in [0.25, 0.3) is 0 Å². The van der Waals surface area contributed by atoms with E-state index in [9.17, 15) is 4.79 Å². The highest BCUT2D eigenvalue weighted by molar-refractivity contribution is 8.13. The number of carbonyl (C=O) groups is 1. The molecule has 4 heteroatoms. The summed E-state index contributed by atoms with van der Waals surface area (Å²) in [6, 6.07) is 8.19. The van der Waals surface area contributed by atoms with E-state index in [1.807, 2.05) is 32.3 Å². The van der Waals surface area contributed by atoms with Gasteiger partial charge in [0, 0.05) is 17.4 Å². The fourth-order valence-corrected chi connectivity index (χ4v) is 2.86. The number of hydrogen-bond donors (Lipinski definition) is 0. The van der Waals surface area contributed by atoms with Crippen molar-refractivity contribution in [3.05, 3.63) is 29.8 Å². The molecule has 0 aromatic heterocycles. The summed E-state index contributed by atoms with van der Waals surface area (Å²) in [6.45, 7) is 0.847. The lowest BCUT2D eigenvalue weighted by atomic mass is 9.99. The second-order valence-corrected chi connectivity index (χ2v) is 5.24. The van der Waals surface area contributed by atoms with Crippen LogP contribution in [0, 0.1) is 5.92 Å². The van der Waals surface area contributed by atoms with Crippen LogP contribution in [0.25, 0.3) is 0 Å². The van der Waals surface area contributed by atoms with E-state index in [1.54, 1.807) is 0 Å². The van der Waals surface area contributed by atoms with Gasteiger partial charge in [0.1, 0.15) is 0 Å². The van der Waals surface area contributed by atoms with E-state index in [-0.39, 0.29) is 18.3 Å². The van der Waals surface area contributed by atoms with Crippen LogP contribution < -0.4 is 0 Å². The average molecular weight is 258 g/mol.